The summed E-state index contributed by atoms with van der Waals surface area (Å²) >= 11 is 1.77. The lowest BCUT2D eigenvalue weighted by atomic mass is 10.1. The van der Waals surface area contributed by atoms with Crippen LogP contribution >= 0.6 is 11.3 Å². The van der Waals surface area contributed by atoms with E-state index in [0.29, 0.717) is 0 Å². The van der Waals surface area contributed by atoms with Crippen LogP contribution < -0.4 is 10.1 Å². The zero-order valence-corrected chi connectivity index (χ0v) is 10.3. The van der Waals surface area contributed by atoms with Gasteiger partial charge in [0, 0.05) is 4.88 Å². The van der Waals surface area contributed by atoms with Gasteiger partial charge in [0.1, 0.15) is 5.75 Å². The Bertz CT molecular complexity index is 422. The summed E-state index contributed by atoms with van der Waals surface area (Å²) in [4.78, 5) is 1.33. The second-order valence-electron chi connectivity index (χ2n) is 3.51. The molecular formula is C13H15NOS. The minimum Gasteiger partial charge on any atom is -0.497 e. The highest BCUT2D eigenvalue weighted by Gasteiger charge is 2.12. The molecule has 0 fully saturated rings. The molecule has 0 aliphatic carbocycles. The number of nitrogens with one attached hydrogen (secondary N) is 1. The van der Waals surface area contributed by atoms with Gasteiger partial charge >= 0.3 is 0 Å². The number of rotatable bonds is 4. The second-order valence-corrected chi connectivity index (χ2v) is 4.49. The molecule has 2 nitrogen and oxygen atoms in total. The third-order valence-electron chi connectivity index (χ3n) is 2.57. The molecule has 0 saturated heterocycles. The van der Waals surface area contributed by atoms with Crippen LogP contribution in [0.2, 0.25) is 0 Å². The summed E-state index contributed by atoms with van der Waals surface area (Å²) < 4.78 is 5.16. The van der Waals surface area contributed by atoms with Crippen molar-refractivity contribution in [3.8, 4) is 5.75 Å². The highest BCUT2D eigenvalue weighted by Crippen LogP contribution is 2.26. The molecule has 1 heterocycles. The monoisotopic (exact) mass is 233 g/mol. The minimum absolute atomic E-state index is 0.269. The van der Waals surface area contributed by atoms with Crippen LogP contribution in [0, 0.1) is 0 Å². The maximum atomic E-state index is 5.16. The molecule has 1 aromatic heterocycles. The average molecular weight is 233 g/mol. The zero-order valence-electron chi connectivity index (χ0n) is 9.44. The minimum atomic E-state index is 0.269. The van der Waals surface area contributed by atoms with E-state index in [1.807, 2.05) is 19.2 Å². The molecular weight excluding hydrogens is 218 g/mol. The van der Waals surface area contributed by atoms with Crippen LogP contribution in [0.4, 0.5) is 0 Å². The Morgan fingerprint density at radius 3 is 2.44 bits per heavy atom. The van der Waals surface area contributed by atoms with Crippen LogP contribution in [-0.4, -0.2) is 14.2 Å². The maximum Gasteiger partial charge on any atom is 0.118 e. The Morgan fingerprint density at radius 1 is 1.19 bits per heavy atom. The second kappa shape index (κ2) is 5.14. The molecule has 1 atom stereocenters. The first-order valence-corrected chi connectivity index (χ1v) is 6.07. The smallest absolute Gasteiger partial charge is 0.118 e. The molecule has 2 rings (SSSR count). The van der Waals surface area contributed by atoms with Gasteiger partial charge in [-0.1, -0.05) is 18.2 Å². The molecule has 16 heavy (non-hydrogen) atoms. The van der Waals surface area contributed by atoms with Gasteiger partial charge < -0.3 is 10.1 Å². The lowest BCUT2D eigenvalue weighted by molar-refractivity contribution is 0.414. The third kappa shape index (κ3) is 2.26. The topological polar surface area (TPSA) is 21.3 Å². The summed E-state index contributed by atoms with van der Waals surface area (Å²) in [5, 5.41) is 5.43. The molecule has 0 spiro atoms. The van der Waals surface area contributed by atoms with Crippen LogP contribution in [0.5, 0.6) is 5.75 Å². The summed E-state index contributed by atoms with van der Waals surface area (Å²) in [5.41, 5.74) is 1.26. The quantitative estimate of drug-likeness (QED) is 0.876. The Morgan fingerprint density at radius 2 is 1.94 bits per heavy atom. The molecule has 0 amide bonds. The fraction of sp³-hybridized carbons (Fsp3) is 0.231. The van der Waals surface area contributed by atoms with Gasteiger partial charge in [-0.2, -0.15) is 0 Å². The molecule has 3 heteroatoms. The average Bonchev–Trinajstić information content (AvgIpc) is 2.85. The first-order valence-electron chi connectivity index (χ1n) is 5.19. The fourth-order valence-electron chi connectivity index (χ4n) is 1.73. The SMILES string of the molecule is CNC(c1ccc(OC)cc1)c1cccs1. The van der Waals surface area contributed by atoms with Crippen molar-refractivity contribution in [1.82, 2.24) is 5.32 Å². The van der Waals surface area contributed by atoms with Gasteiger partial charge in [-0.25, -0.2) is 0 Å². The van der Waals surface area contributed by atoms with Gasteiger partial charge in [0.05, 0.1) is 13.2 Å². The summed E-state index contributed by atoms with van der Waals surface area (Å²) in [6, 6.07) is 12.7. The van der Waals surface area contributed by atoms with E-state index in [2.05, 4.69) is 35.0 Å². The van der Waals surface area contributed by atoms with E-state index in [1.54, 1.807) is 18.4 Å². The number of methoxy groups -OCH3 is 1. The number of hydrogen-bond donors (Lipinski definition) is 1. The largest absolute Gasteiger partial charge is 0.497 e. The van der Waals surface area contributed by atoms with E-state index < -0.39 is 0 Å². The molecule has 84 valence electrons. The number of thiophene rings is 1. The lowest BCUT2D eigenvalue weighted by Crippen LogP contribution is -2.16. The normalized spacial score (nSPS) is 12.4. The van der Waals surface area contributed by atoms with Crippen molar-refractivity contribution < 1.29 is 4.74 Å². The van der Waals surface area contributed by atoms with Crippen LogP contribution in [0.15, 0.2) is 41.8 Å². The van der Waals surface area contributed by atoms with Gasteiger partial charge in [-0.3, -0.25) is 0 Å². The molecule has 2 aromatic rings. The van der Waals surface area contributed by atoms with E-state index in [-0.39, 0.29) is 6.04 Å². The van der Waals surface area contributed by atoms with E-state index >= 15 is 0 Å². The van der Waals surface area contributed by atoms with Crippen LogP contribution in [0.1, 0.15) is 16.5 Å². The van der Waals surface area contributed by atoms with Crippen molar-refractivity contribution in [1.29, 1.82) is 0 Å². The Balaban J connectivity index is 2.27. The number of benzene rings is 1. The van der Waals surface area contributed by atoms with Gasteiger partial charge in [0.25, 0.3) is 0 Å². The van der Waals surface area contributed by atoms with Crippen LogP contribution in [0.3, 0.4) is 0 Å². The molecule has 1 unspecified atom stereocenters. The van der Waals surface area contributed by atoms with Gasteiger partial charge in [-0.05, 0) is 36.2 Å². The van der Waals surface area contributed by atoms with E-state index in [4.69, 9.17) is 4.74 Å². The molecule has 0 saturated carbocycles. The molecule has 0 bridgehead atoms. The van der Waals surface area contributed by atoms with Crippen LogP contribution in [-0.2, 0) is 0 Å². The highest BCUT2D eigenvalue weighted by molar-refractivity contribution is 7.10. The van der Waals surface area contributed by atoms with Crippen molar-refractivity contribution in [2.75, 3.05) is 14.2 Å². The Hall–Kier alpha value is -1.32. The first-order chi connectivity index (χ1) is 7.85. The van der Waals surface area contributed by atoms with Crippen molar-refractivity contribution in [3.05, 3.63) is 52.2 Å². The maximum absolute atomic E-state index is 5.16. The summed E-state index contributed by atoms with van der Waals surface area (Å²) in [5.74, 6) is 0.893. The van der Waals surface area contributed by atoms with E-state index in [9.17, 15) is 0 Å². The summed E-state index contributed by atoms with van der Waals surface area (Å²) in [7, 11) is 3.67. The highest BCUT2D eigenvalue weighted by atomic mass is 32.1. The molecule has 0 aliphatic heterocycles. The predicted molar refractivity (Wildman–Crippen MR) is 68.2 cm³/mol. The molecule has 1 N–H and O–H groups in total. The molecule has 0 radical (unpaired) electrons. The van der Waals surface area contributed by atoms with Gasteiger partial charge in [0.15, 0.2) is 0 Å². The van der Waals surface area contributed by atoms with Crippen molar-refractivity contribution >= 4 is 11.3 Å². The Kier molecular flexibility index (Phi) is 3.59. The fourth-order valence-corrected chi connectivity index (χ4v) is 2.59. The van der Waals surface area contributed by atoms with Crippen LogP contribution in [0.25, 0.3) is 0 Å². The molecule has 1 aromatic carbocycles. The lowest BCUT2D eigenvalue weighted by Gasteiger charge is -2.15. The number of ether oxygens (including phenoxy) is 1. The summed E-state index contributed by atoms with van der Waals surface area (Å²) in [6.07, 6.45) is 0. The van der Waals surface area contributed by atoms with Gasteiger partial charge in [0.2, 0.25) is 0 Å². The standard InChI is InChI=1S/C13H15NOS/c1-14-13(12-4-3-9-16-12)10-5-7-11(15-2)8-6-10/h3-9,13-14H,1-2H3. The number of hydrogen-bond acceptors (Lipinski definition) is 3. The van der Waals surface area contributed by atoms with Crippen molar-refractivity contribution in [2.24, 2.45) is 0 Å². The van der Waals surface area contributed by atoms with Gasteiger partial charge in [-0.15, -0.1) is 11.3 Å². The Labute approximate surface area is 99.9 Å². The zero-order chi connectivity index (χ0) is 11.4. The van der Waals surface area contributed by atoms with E-state index in [1.165, 1.54) is 10.4 Å². The third-order valence-corrected chi connectivity index (χ3v) is 3.50. The molecule has 0 aliphatic rings. The van der Waals surface area contributed by atoms with E-state index in [0.717, 1.165) is 5.75 Å². The summed E-state index contributed by atoms with van der Waals surface area (Å²) in [6.45, 7) is 0. The van der Waals surface area contributed by atoms with Crippen molar-refractivity contribution in [2.45, 2.75) is 6.04 Å². The van der Waals surface area contributed by atoms with Crippen molar-refractivity contribution in [3.63, 3.8) is 0 Å². The first kappa shape index (κ1) is 11.2. The predicted octanol–water partition coefficient (Wildman–Crippen LogP) is 3.07.